The van der Waals surface area contributed by atoms with Crippen LogP contribution in [0.2, 0.25) is 0 Å². The number of nitrogens with zero attached hydrogens (tertiary/aromatic N) is 2. The Balaban J connectivity index is 2.07. The van der Waals surface area contributed by atoms with Crippen LogP contribution in [0.25, 0.3) is 10.9 Å². The Labute approximate surface area is 129 Å². The second kappa shape index (κ2) is 6.02. The molecular formula is C18H18N2O2. The van der Waals surface area contributed by atoms with Crippen LogP contribution in [0.4, 0.5) is 0 Å². The van der Waals surface area contributed by atoms with Gasteiger partial charge in [0.15, 0.2) is 11.5 Å². The SMILES string of the molecule is COc1cc2ncnc(Cc3ccc(C)cc3)c2cc1OC. The van der Waals surface area contributed by atoms with Crippen LogP contribution in [0.15, 0.2) is 42.7 Å². The second-order valence-corrected chi connectivity index (χ2v) is 5.21. The highest BCUT2D eigenvalue weighted by Gasteiger charge is 2.11. The molecular weight excluding hydrogens is 276 g/mol. The first-order valence-corrected chi connectivity index (χ1v) is 7.12. The number of benzene rings is 2. The van der Waals surface area contributed by atoms with E-state index in [1.54, 1.807) is 20.5 Å². The summed E-state index contributed by atoms with van der Waals surface area (Å²) in [6.45, 7) is 2.08. The minimum atomic E-state index is 0.676. The summed E-state index contributed by atoms with van der Waals surface area (Å²) in [5, 5.41) is 0.987. The summed E-state index contributed by atoms with van der Waals surface area (Å²) in [4.78, 5) is 8.78. The van der Waals surface area contributed by atoms with Gasteiger partial charge in [0.05, 0.1) is 25.4 Å². The highest BCUT2D eigenvalue weighted by molar-refractivity contribution is 5.84. The van der Waals surface area contributed by atoms with E-state index >= 15 is 0 Å². The third-order valence-electron chi connectivity index (χ3n) is 3.72. The smallest absolute Gasteiger partial charge is 0.162 e. The minimum absolute atomic E-state index is 0.676. The largest absolute Gasteiger partial charge is 0.493 e. The van der Waals surface area contributed by atoms with E-state index in [4.69, 9.17) is 9.47 Å². The molecule has 3 rings (SSSR count). The fourth-order valence-electron chi connectivity index (χ4n) is 2.48. The lowest BCUT2D eigenvalue weighted by Gasteiger charge is -2.11. The van der Waals surface area contributed by atoms with Crippen molar-refractivity contribution in [3.8, 4) is 11.5 Å². The number of hydrogen-bond donors (Lipinski definition) is 0. The molecule has 0 saturated heterocycles. The van der Waals surface area contributed by atoms with E-state index in [1.807, 2.05) is 12.1 Å². The fraction of sp³-hybridized carbons (Fsp3) is 0.222. The number of hydrogen-bond acceptors (Lipinski definition) is 4. The van der Waals surface area contributed by atoms with Crippen LogP contribution in [0.3, 0.4) is 0 Å². The Kier molecular flexibility index (Phi) is 3.92. The molecule has 4 heteroatoms. The number of ether oxygens (including phenoxy) is 2. The molecule has 0 amide bonds. The predicted molar refractivity (Wildman–Crippen MR) is 86.6 cm³/mol. The average molecular weight is 294 g/mol. The van der Waals surface area contributed by atoms with Crippen LogP contribution < -0.4 is 9.47 Å². The zero-order valence-electron chi connectivity index (χ0n) is 13.0. The van der Waals surface area contributed by atoms with Gasteiger partial charge in [0.1, 0.15) is 6.33 Å². The average Bonchev–Trinajstić information content (AvgIpc) is 2.56. The Bertz CT molecular complexity index is 798. The highest BCUT2D eigenvalue weighted by atomic mass is 16.5. The van der Waals surface area contributed by atoms with E-state index in [9.17, 15) is 0 Å². The third-order valence-corrected chi connectivity index (χ3v) is 3.72. The topological polar surface area (TPSA) is 44.2 Å². The van der Waals surface area contributed by atoms with Crippen molar-refractivity contribution in [2.75, 3.05) is 14.2 Å². The zero-order chi connectivity index (χ0) is 15.5. The highest BCUT2D eigenvalue weighted by Crippen LogP contribution is 2.32. The molecule has 4 nitrogen and oxygen atoms in total. The lowest BCUT2D eigenvalue weighted by Crippen LogP contribution is -1.98. The van der Waals surface area contributed by atoms with Crippen molar-refractivity contribution >= 4 is 10.9 Å². The molecule has 112 valence electrons. The standard InChI is InChI=1S/C18H18N2O2/c1-12-4-6-13(7-5-12)8-15-14-9-17(21-2)18(22-3)10-16(14)20-11-19-15/h4-7,9-11H,8H2,1-3H3. The lowest BCUT2D eigenvalue weighted by atomic mass is 10.0. The summed E-state index contributed by atoms with van der Waals surface area (Å²) in [7, 11) is 3.26. The van der Waals surface area contributed by atoms with Crippen molar-refractivity contribution in [1.82, 2.24) is 9.97 Å². The zero-order valence-corrected chi connectivity index (χ0v) is 13.0. The number of rotatable bonds is 4. The van der Waals surface area contributed by atoms with Gasteiger partial charge in [-0.15, -0.1) is 0 Å². The van der Waals surface area contributed by atoms with Crippen molar-refractivity contribution in [1.29, 1.82) is 0 Å². The third kappa shape index (κ3) is 2.72. The molecule has 0 unspecified atom stereocenters. The van der Waals surface area contributed by atoms with Gasteiger partial charge in [-0.3, -0.25) is 0 Å². The van der Waals surface area contributed by atoms with Crippen molar-refractivity contribution in [2.24, 2.45) is 0 Å². The van der Waals surface area contributed by atoms with Gasteiger partial charge in [0, 0.05) is 17.9 Å². The fourth-order valence-corrected chi connectivity index (χ4v) is 2.48. The molecule has 22 heavy (non-hydrogen) atoms. The molecule has 0 aliphatic heterocycles. The summed E-state index contributed by atoms with van der Waals surface area (Å²) in [6.07, 6.45) is 2.35. The molecule has 0 fully saturated rings. The van der Waals surface area contributed by atoms with Crippen LogP contribution in [0, 0.1) is 6.92 Å². The van der Waals surface area contributed by atoms with Gasteiger partial charge in [0.25, 0.3) is 0 Å². The van der Waals surface area contributed by atoms with Gasteiger partial charge in [-0.1, -0.05) is 29.8 Å². The maximum absolute atomic E-state index is 5.38. The van der Waals surface area contributed by atoms with Gasteiger partial charge in [-0.25, -0.2) is 9.97 Å². The molecule has 1 heterocycles. The first-order valence-electron chi connectivity index (χ1n) is 7.12. The molecule has 0 aliphatic rings. The summed E-state index contributed by atoms with van der Waals surface area (Å²) < 4.78 is 10.7. The molecule has 0 saturated carbocycles. The summed E-state index contributed by atoms with van der Waals surface area (Å²) in [5.74, 6) is 1.37. The van der Waals surface area contributed by atoms with Crippen LogP contribution in [-0.2, 0) is 6.42 Å². The molecule has 0 N–H and O–H groups in total. The lowest BCUT2D eigenvalue weighted by molar-refractivity contribution is 0.355. The molecule has 0 spiro atoms. The van der Waals surface area contributed by atoms with E-state index in [0.29, 0.717) is 11.5 Å². The number of aromatic nitrogens is 2. The minimum Gasteiger partial charge on any atom is -0.493 e. The Morgan fingerprint density at radius 1 is 0.909 bits per heavy atom. The molecule has 0 aliphatic carbocycles. The van der Waals surface area contributed by atoms with E-state index in [2.05, 4.69) is 41.2 Å². The number of methoxy groups -OCH3 is 2. The van der Waals surface area contributed by atoms with E-state index in [0.717, 1.165) is 23.0 Å². The molecule has 2 aromatic carbocycles. The van der Waals surface area contributed by atoms with Gasteiger partial charge in [-0.05, 0) is 18.6 Å². The van der Waals surface area contributed by atoms with Crippen molar-refractivity contribution in [3.05, 3.63) is 59.5 Å². The van der Waals surface area contributed by atoms with Crippen LogP contribution in [-0.4, -0.2) is 24.2 Å². The Morgan fingerprint density at radius 2 is 1.59 bits per heavy atom. The van der Waals surface area contributed by atoms with E-state index in [1.165, 1.54) is 11.1 Å². The molecule has 1 aromatic heterocycles. The number of fused-ring (bicyclic) bond motifs is 1. The molecule has 0 bridgehead atoms. The maximum Gasteiger partial charge on any atom is 0.162 e. The van der Waals surface area contributed by atoms with Crippen molar-refractivity contribution < 1.29 is 9.47 Å². The summed E-state index contributed by atoms with van der Waals surface area (Å²) >= 11 is 0. The van der Waals surface area contributed by atoms with Crippen LogP contribution in [0.1, 0.15) is 16.8 Å². The van der Waals surface area contributed by atoms with E-state index < -0.39 is 0 Å². The first-order chi connectivity index (χ1) is 10.7. The molecule has 0 radical (unpaired) electrons. The summed E-state index contributed by atoms with van der Waals surface area (Å²) in [5.41, 5.74) is 4.31. The maximum atomic E-state index is 5.38. The molecule has 3 aromatic rings. The Morgan fingerprint density at radius 3 is 2.27 bits per heavy atom. The van der Waals surface area contributed by atoms with Gasteiger partial charge >= 0.3 is 0 Å². The summed E-state index contributed by atoms with van der Waals surface area (Å²) in [6, 6.07) is 12.3. The van der Waals surface area contributed by atoms with Gasteiger partial charge < -0.3 is 9.47 Å². The van der Waals surface area contributed by atoms with Crippen molar-refractivity contribution in [2.45, 2.75) is 13.3 Å². The van der Waals surface area contributed by atoms with Gasteiger partial charge in [-0.2, -0.15) is 0 Å². The predicted octanol–water partition coefficient (Wildman–Crippen LogP) is 3.55. The second-order valence-electron chi connectivity index (χ2n) is 5.21. The Hall–Kier alpha value is -2.62. The van der Waals surface area contributed by atoms with Gasteiger partial charge in [0.2, 0.25) is 0 Å². The van der Waals surface area contributed by atoms with Crippen LogP contribution in [0.5, 0.6) is 11.5 Å². The monoisotopic (exact) mass is 294 g/mol. The van der Waals surface area contributed by atoms with Crippen molar-refractivity contribution in [3.63, 3.8) is 0 Å². The first kappa shape index (κ1) is 14.3. The van der Waals surface area contributed by atoms with E-state index in [-0.39, 0.29) is 0 Å². The molecule has 0 atom stereocenters. The normalized spacial score (nSPS) is 10.7. The van der Waals surface area contributed by atoms with Crippen LogP contribution >= 0.6 is 0 Å². The quantitative estimate of drug-likeness (QED) is 0.738. The number of aryl methyl sites for hydroxylation is 1.